The molecule has 7 heteroatoms. The quantitative estimate of drug-likeness (QED) is 0.471. The molecule has 0 aliphatic carbocycles. The van der Waals surface area contributed by atoms with Crippen molar-refractivity contribution in [2.45, 2.75) is 0 Å². The van der Waals surface area contributed by atoms with Crippen molar-refractivity contribution in [3.8, 4) is 0 Å². The van der Waals surface area contributed by atoms with Gasteiger partial charge in [0.05, 0.1) is 10.6 Å². The van der Waals surface area contributed by atoms with Crippen LogP contribution >= 0.6 is 0 Å². The number of nitrogens with zero attached hydrogens (tertiary/aromatic N) is 2. The molecule has 0 saturated heterocycles. The zero-order valence-electron chi connectivity index (χ0n) is 9.20. The molecule has 1 heterocycles. The lowest BCUT2D eigenvalue weighted by Crippen LogP contribution is -2.31. The number of nitro groups is 1. The van der Waals surface area contributed by atoms with E-state index in [1.807, 2.05) is 0 Å². The number of nitro benzene ring substituents is 1. The van der Waals surface area contributed by atoms with E-state index in [4.69, 9.17) is 5.73 Å². The molecule has 0 aromatic heterocycles. The van der Waals surface area contributed by atoms with Crippen LogP contribution in [-0.4, -0.2) is 23.3 Å². The molecule has 0 atom stereocenters. The Balaban J connectivity index is 2.31. The Labute approximate surface area is 102 Å². The van der Waals surface area contributed by atoms with Gasteiger partial charge in [0, 0.05) is 30.3 Å². The maximum Gasteiger partial charge on any atom is 0.269 e. The number of non-ortho nitro benzene ring substituents is 1. The Kier molecular flexibility index (Phi) is 2.90. The molecule has 1 aromatic rings. The molecule has 0 unspecified atom stereocenters. The van der Waals surface area contributed by atoms with Gasteiger partial charge < -0.3 is 5.73 Å². The summed E-state index contributed by atoms with van der Waals surface area (Å²) >= 11 is 0. The molecule has 92 valence electrons. The monoisotopic (exact) mass is 247 g/mol. The Hall–Kier alpha value is -2.54. The van der Waals surface area contributed by atoms with Crippen LogP contribution in [0.15, 0.2) is 35.9 Å². The number of imide groups is 1. The second-order valence-corrected chi connectivity index (χ2v) is 3.63. The average Bonchev–Trinajstić information content (AvgIpc) is 2.64. The minimum Gasteiger partial charge on any atom is -0.326 e. The zero-order chi connectivity index (χ0) is 13.3. The second-order valence-electron chi connectivity index (χ2n) is 3.63. The van der Waals surface area contributed by atoms with Gasteiger partial charge in [-0.25, -0.2) is 4.90 Å². The molecule has 0 spiro atoms. The highest BCUT2D eigenvalue weighted by molar-refractivity contribution is 6.30. The summed E-state index contributed by atoms with van der Waals surface area (Å²) < 4.78 is 0. The molecule has 18 heavy (non-hydrogen) atoms. The molecular weight excluding hydrogens is 238 g/mol. The van der Waals surface area contributed by atoms with Gasteiger partial charge in [0.1, 0.15) is 0 Å². The fourth-order valence-electron chi connectivity index (χ4n) is 1.63. The average molecular weight is 247 g/mol. The van der Waals surface area contributed by atoms with Crippen molar-refractivity contribution in [1.82, 2.24) is 0 Å². The Morgan fingerprint density at radius 2 is 1.83 bits per heavy atom. The zero-order valence-corrected chi connectivity index (χ0v) is 9.20. The fourth-order valence-corrected chi connectivity index (χ4v) is 1.63. The van der Waals surface area contributed by atoms with E-state index in [9.17, 15) is 19.7 Å². The smallest absolute Gasteiger partial charge is 0.269 e. The van der Waals surface area contributed by atoms with Crippen molar-refractivity contribution in [2.24, 2.45) is 5.73 Å². The topological polar surface area (TPSA) is 107 Å². The number of rotatable bonds is 3. The van der Waals surface area contributed by atoms with Gasteiger partial charge in [0.2, 0.25) is 0 Å². The van der Waals surface area contributed by atoms with Gasteiger partial charge >= 0.3 is 0 Å². The minimum absolute atomic E-state index is 0.0198. The van der Waals surface area contributed by atoms with Gasteiger partial charge in [0.15, 0.2) is 0 Å². The molecule has 0 radical (unpaired) electrons. The summed E-state index contributed by atoms with van der Waals surface area (Å²) in [7, 11) is 0. The normalized spacial score (nSPS) is 14.9. The molecule has 0 bridgehead atoms. The van der Waals surface area contributed by atoms with Crippen molar-refractivity contribution in [2.75, 3.05) is 11.4 Å². The van der Waals surface area contributed by atoms with E-state index in [-0.39, 0.29) is 23.5 Å². The summed E-state index contributed by atoms with van der Waals surface area (Å²) in [5, 5.41) is 10.5. The van der Waals surface area contributed by atoms with E-state index in [1.165, 1.54) is 30.3 Å². The standard InChI is InChI=1S/C11H9N3O4/c12-6-7-5-10(15)13(11(7)16)8-1-3-9(4-2-8)14(17)18/h1-5H,6,12H2. The lowest BCUT2D eigenvalue weighted by molar-refractivity contribution is -0.384. The predicted molar refractivity (Wildman–Crippen MR) is 62.7 cm³/mol. The van der Waals surface area contributed by atoms with E-state index in [0.29, 0.717) is 0 Å². The number of carbonyl (C=O) groups is 2. The molecule has 2 amide bonds. The maximum atomic E-state index is 11.8. The van der Waals surface area contributed by atoms with Gasteiger partial charge in [0.25, 0.3) is 17.5 Å². The van der Waals surface area contributed by atoms with Gasteiger partial charge in [-0.1, -0.05) is 0 Å². The Bertz CT molecular complexity index is 562. The molecule has 1 aromatic carbocycles. The number of hydrogen-bond donors (Lipinski definition) is 1. The molecule has 2 rings (SSSR count). The van der Waals surface area contributed by atoms with Gasteiger partial charge in [-0.15, -0.1) is 0 Å². The molecular formula is C11H9N3O4. The van der Waals surface area contributed by atoms with E-state index in [2.05, 4.69) is 0 Å². The summed E-state index contributed by atoms with van der Waals surface area (Å²) in [4.78, 5) is 34.3. The van der Waals surface area contributed by atoms with Crippen LogP contribution in [0.5, 0.6) is 0 Å². The first-order valence-corrected chi connectivity index (χ1v) is 5.08. The molecule has 1 aliphatic rings. The fraction of sp³-hybridized carbons (Fsp3) is 0.0909. The number of nitrogens with two attached hydrogens (primary N) is 1. The first-order chi connectivity index (χ1) is 8.54. The number of anilines is 1. The van der Waals surface area contributed by atoms with Crippen LogP contribution < -0.4 is 10.6 Å². The second kappa shape index (κ2) is 4.38. The van der Waals surface area contributed by atoms with Crippen molar-refractivity contribution < 1.29 is 14.5 Å². The summed E-state index contributed by atoms with van der Waals surface area (Å²) in [6.45, 7) is -0.0198. The summed E-state index contributed by atoms with van der Waals surface area (Å²) in [6, 6.07) is 5.16. The Morgan fingerprint density at radius 3 is 2.28 bits per heavy atom. The van der Waals surface area contributed by atoms with E-state index in [1.54, 1.807) is 0 Å². The number of benzene rings is 1. The summed E-state index contributed by atoms with van der Waals surface area (Å²) in [5.41, 5.74) is 5.73. The minimum atomic E-state index is -0.555. The van der Waals surface area contributed by atoms with E-state index in [0.717, 1.165) is 4.90 Å². The number of amides is 2. The van der Waals surface area contributed by atoms with Crippen molar-refractivity contribution in [1.29, 1.82) is 0 Å². The van der Waals surface area contributed by atoms with Crippen molar-refractivity contribution in [3.05, 3.63) is 46.0 Å². The lowest BCUT2D eigenvalue weighted by Gasteiger charge is -2.14. The lowest BCUT2D eigenvalue weighted by atomic mass is 10.2. The third kappa shape index (κ3) is 1.87. The SMILES string of the molecule is NCC1=CC(=O)N(c2ccc([N+](=O)[O-])cc2)C1=O. The number of carbonyl (C=O) groups excluding carboxylic acids is 2. The summed E-state index contributed by atoms with van der Waals surface area (Å²) in [5.74, 6) is -0.981. The number of hydrogen-bond acceptors (Lipinski definition) is 5. The van der Waals surface area contributed by atoms with Crippen LogP contribution in [0.4, 0.5) is 11.4 Å². The third-order valence-corrected chi connectivity index (χ3v) is 2.53. The van der Waals surface area contributed by atoms with E-state index < -0.39 is 16.7 Å². The highest BCUT2D eigenvalue weighted by Gasteiger charge is 2.31. The van der Waals surface area contributed by atoms with Crippen LogP contribution in [0, 0.1) is 10.1 Å². The predicted octanol–water partition coefficient (Wildman–Crippen LogP) is 0.353. The largest absolute Gasteiger partial charge is 0.326 e. The van der Waals surface area contributed by atoms with Crippen LogP contribution in [0.2, 0.25) is 0 Å². The highest BCUT2D eigenvalue weighted by Crippen LogP contribution is 2.24. The van der Waals surface area contributed by atoms with Crippen LogP contribution in [0.1, 0.15) is 0 Å². The molecule has 1 aliphatic heterocycles. The molecule has 0 saturated carbocycles. The van der Waals surface area contributed by atoms with Crippen LogP contribution in [-0.2, 0) is 9.59 Å². The van der Waals surface area contributed by atoms with E-state index >= 15 is 0 Å². The highest BCUT2D eigenvalue weighted by atomic mass is 16.6. The first-order valence-electron chi connectivity index (χ1n) is 5.08. The molecule has 0 fully saturated rings. The molecule has 7 nitrogen and oxygen atoms in total. The molecule has 2 N–H and O–H groups in total. The van der Waals surface area contributed by atoms with Gasteiger partial charge in [-0.2, -0.15) is 0 Å². The first kappa shape index (κ1) is 11.9. The van der Waals surface area contributed by atoms with Crippen LogP contribution in [0.25, 0.3) is 0 Å². The Morgan fingerprint density at radius 1 is 1.22 bits per heavy atom. The third-order valence-electron chi connectivity index (χ3n) is 2.53. The van der Waals surface area contributed by atoms with Crippen molar-refractivity contribution in [3.63, 3.8) is 0 Å². The van der Waals surface area contributed by atoms with Crippen molar-refractivity contribution >= 4 is 23.2 Å². The van der Waals surface area contributed by atoms with Crippen LogP contribution in [0.3, 0.4) is 0 Å². The van der Waals surface area contributed by atoms with Gasteiger partial charge in [-0.3, -0.25) is 19.7 Å². The van der Waals surface area contributed by atoms with Gasteiger partial charge in [-0.05, 0) is 12.1 Å². The summed E-state index contributed by atoms with van der Waals surface area (Å²) in [6.07, 6.45) is 1.17. The maximum absolute atomic E-state index is 11.8.